The van der Waals surface area contributed by atoms with E-state index < -0.39 is 0 Å². The summed E-state index contributed by atoms with van der Waals surface area (Å²) in [6.45, 7) is 2.74. The number of aryl methyl sites for hydroxylation is 1. The van der Waals surface area contributed by atoms with Crippen LogP contribution in [0.4, 0.5) is 5.69 Å². The van der Waals surface area contributed by atoms with E-state index in [4.69, 9.17) is 15.2 Å². The molecule has 0 aliphatic heterocycles. The molecule has 2 rings (SSSR count). The van der Waals surface area contributed by atoms with Crippen molar-refractivity contribution in [3.8, 4) is 11.9 Å². The van der Waals surface area contributed by atoms with Crippen molar-refractivity contribution in [3.63, 3.8) is 0 Å². The van der Waals surface area contributed by atoms with Gasteiger partial charge in [0.05, 0.1) is 18.8 Å². The number of methoxy groups -OCH3 is 1. The third kappa shape index (κ3) is 3.17. The minimum Gasteiger partial charge on any atom is -0.472 e. The standard InChI is InChI=1S/C14H19N5O2/c1-10(9-20-3)21-14-12(16)6-11(7-15)19(14)8-13-17-4-5-18(13)2/h4-6,10H,8-9,16H2,1-3H3/t10-/m0/s1. The molecule has 2 N–H and O–H groups in total. The molecule has 2 heterocycles. The first-order chi connectivity index (χ1) is 10.1. The lowest BCUT2D eigenvalue weighted by atomic mass is 10.4. The number of rotatable bonds is 6. The van der Waals surface area contributed by atoms with Crippen molar-refractivity contribution in [1.82, 2.24) is 14.1 Å². The number of anilines is 1. The van der Waals surface area contributed by atoms with Gasteiger partial charge in [-0.3, -0.25) is 4.57 Å². The van der Waals surface area contributed by atoms with Gasteiger partial charge in [0.15, 0.2) is 0 Å². The molecule has 0 aromatic carbocycles. The Morgan fingerprint density at radius 2 is 2.29 bits per heavy atom. The monoisotopic (exact) mass is 289 g/mol. The maximum absolute atomic E-state index is 9.26. The van der Waals surface area contributed by atoms with Crippen LogP contribution < -0.4 is 10.5 Å². The minimum absolute atomic E-state index is 0.168. The molecule has 0 bridgehead atoms. The number of nitrogens with two attached hydrogens (primary N) is 1. The van der Waals surface area contributed by atoms with Crippen LogP contribution in [0, 0.1) is 11.3 Å². The van der Waals surface area contributed by atoms with Crippen LogP contribution in [-0.2, 0) is 18.3 Å². The Morgan fingerprint density at radius 3 is 2.86 bits per heavy atom. The molecule has 0 spiro atoms. The van der Waals surface area contributed by atoms with Gasteiger partial charge in [0.2, 0.25) is 5.88 Å². The molecule has 7 heteroatoms. The Morgan fingerprint density at radius 1 is 1.52 bits per heavy atom. The first-order valence-electron chi connectivity index (χ1n) is 6.57. The number of nitrogens with zero attached hydrogens (tertiary/aromatic N) is 4. The van der Waals surface area contributed by atoms with Crippen molar-refractivity contribution in [2.24, 2.45) is 7.05 Å². The second kappa shape index (κ2) is 6.33. The highest BCUT2D eigenvalue weighted by molar-refractivity contribution is 5.55. The maximum atomic E-state index is 9.26. The largest absolute Gasteiger partial charge is 0.472 e. The topological polar surface area (TPSA) is 91.0 Å². The fourth-order valence-corrected chi connectivity index (χ4v) is 2.08. The van der Waals surface area contributed by atoms with Gasteiger partial charge in [-0.05, 0) is 6.92 Å². The second-order valence-corrected chi connectivity index (χ2v) is 4.83. The van der Waals surface area contributed by atoms with E-state index in [-0.39, 0.29) is 6.10 Å². The van der Waals surface area contributed by atoms with Crippen LogP contribution in [0.3, 0.4) is 0 Å². The summed E-state index contributed by atoms with van der Waals surface area (Å²) in [5.74, 6) is 1.28. The summed E-state index contributed by atoms with van der Waals surface area (Å²) in [6.07, 6.45) is 3.39. The number of imidazole rings is 1. The summed E-state index contributed by atoms with van der Waals surface area (Å²) in [4.78, 5) is 4.26. The van der Waals surface area contributed by atoms with Crippen LogP contribution in [0.2, 0.25) is 0 Å². The molecule has 0 aliphatic carbocycles. The van der Waals surface area contributed by atoms with E-state index in [0.29, 0.717) is 30.4 Å². The quantitative estimate of drug-likeness (QED) is 0.861. The first-order valence-corrected chi connectivity index (χ1v) is 6.57. The lowest BCUT2D eigenvalue weighted by Gasteiger charge is -2.17. The average molecular weight is 289 g/mol. The van der Waals surface area contributed by atoms with E-state index in [0.717, 1.165) is 5.82 Å². The zero-order valence-electron chi connectivity index (χ0n) is 12.4. The molecule has 21 heavy (non-hydrogen) atoms. The molecule has 0 fully saturated rings. The molecular formula is C14H19N5O2. The van der Waals surface area contributed by atoms with Gasteiger partial charge in [0.25, 0.3) is 0 Å². The first kappa shape index (κ1) is 14.9. The highest BCUT2D eigenvalue weighted by atomic mass is 16.5. The summed E-state index contributed by atoms with van der Waals surface area (Å²) in [5, 5.41) is 9.26. The molecule has 2 aromatic rings. The molecule has 0 saturated heterocycles. The molecular weight excluding hydrogens is 270 g/mol. The predicted molar refractivity (Wildman–Crippen MR) is 77.8 cm³/mol. The Bertz CT molecular complexity index is 653. The van der Waals surface area contributed by atoms with Crippen LogP contribution >= 0.6 is 0 Å². The highest BCUT2D eigenvalue weighted by Gasteiger charge is 2.18. The van der Waals surface area contributed by atoms with Crippen molar-refractivity contribution >= 4 is 5.69 Å². The zero-order chi connectivity index (χ0) is 15.4. The Hall–Kier alpha value is -2.46. The average Bonchev–Trinajstić information content (AvgIpc) is 2.97. The molecule has 112 valence electrons. The Balaban J connectivity index is 2.34. The summed E-state index contributed by atoms with van der Waals surface area (Å²) in [6, 6.07) is 3.74. The lowest BCUT2D eigenvalue weighted by Crippen LogP contribution is -2.21. The molecule has 0 radical (unpaired) electrons. The molecule has 0 amide bonds. The maximum Gasteiger partial charge on any atom is 0.219 e. The minimum atomic E-state index is -0.168. The lowest BCUT2D eigenvalue weighted by molar-refractivity contribution is 0.0868. The van der Waals surface area contributed by atoms with Gasteiger partial charge in [0.1, 0.15) is 23.7 Å². The fraction of sp³-hybridized carbons (Fsp3) is 0.429. The SMILES string of the molecule is COC[C@H](C)Oc1c(N)cc(C#N)n1Cc1nccn1C. The van der Waals surface area contributed by atoms with E-state index in [9.17, 15) is 5.26 Å². The number of ether oxygens (including phenoxy) is 2. The summed E-state index contributed by atoms with van der Waals surface area (Å²) in [5.41, 5.74) is 6.84. The summed E-state index contributed by atoms with van der Waals surface area (Å²) < 4.78 is 14.5. The van der Waals surface area contributed by atoms with E-state index in [1.165, 1.54) is 0 Å². The third-order valence-corrected chi connectivity index (χ3v) is 3.12. The van der Waals surface area contributed by atoms with Crippen molar-refractivity contribution in [3.05, 3.63) is 30.0 Å². The van der Waals surface area contributed by atoms with Crippen molar-refractivity contribution in [1.29, 1.82) is 5.26 Å². The van der Waals surface area contributed by atoms with E-state index in [1.54, 1.807) is 23.9 Å². The Kier molecular flexibility index (Phi) is 4.50. The van der Waals surface area contributed by atoms with Gasteiger partial charge in [-0.25, -0.2) is 4.98 Å². The van der Waals surface area contributed by atoms with E-state index in [1.807, 2.05) is 24.7 Å². The Labute approximate surface area is 123 Å². The molecule has 1 atom stereocenters. The fourth-order valence-electron chi connectivity index (χ4n) is 2.08. The van der Waals surface area contributed by atoms with Gasteiger partial charge in [0, 0.05) is 32.6 Å². The van der Waals surface area contributed by atoms with Gasteiger partial charge >= 0.3 is 0 Å². The molecule has 0 unspecified atom stereocenters. The molecule has 2 aromatic heterocycles. The van der Waals surface area contributed by atoms with Crippen LogP contribution in [0.5, 0.6) is 5.88 Å². The van der Waals surface area contributed by atoms with Crippen molar-refractivity contribution in [2.45, 2.75) is 19.6 Å². The molecule has 0 aliphatic rings. The van der Waals surface area contributed by atoms with Gasteiger partial charge in [-0.15, -0.1) is 0 Å². The van der Waals surface area contributed by atoms with Crippen molar-refractivity contribution < 1.29 is 9.47 Å². The van der Waals surface area contributed by atoms with Crippen LogP contribution in [0.15, 0.2) is 18.5 Å². The van der Waals surface area contributed by atoms with Gasteiger partial charge in [-0.1, -0.05) is 0 Å². The number of hydrogen-bond acceptors (Lipinski definition) is 5. The van der Waals surface area contributed by atoms with Crippen LogP contribution in [0.25, 0.3) is 0 Å². The summed E-state index contributed by atoms with van der Waals surface area (Å²) in [7, 11) is 3.51. The molecule has 7 nitrogen and oxygen atoms in total. The highest BCUT2D eigenvalue weighted by Crippen LogP contribution is 2.28. The number of hydrogen-bond donors (Lipinski definition) is 1. The van der Waals surface area contributed by atoms with Gasteiger partial charge in [-0.2, -0.15) is 5.26 Å². The number of nitrogen functional groups attached to an aromatic ring is 1. The van der Waals surface area contributed by atoms with Crippen molar-refractivity contribution in [2.75, 3.05) is 19.5 Å². The molecule has 0 saturated carbocycles. The van der Waals surface area contributed by atoms with E-state index in [2.05, 4.69) is 11.1 Å². The predicted octanol–water partition coefficient (Wildman–Crippen LogP) is 1.14. The smallest absolute Gasteiger partial charge is 0.219 e. The number of nitriles is 1. The normalized spacial score (nSPS) is 12.1. The second-order valence-electron chi connectivity index (χ2n) is 4.83. The van der Waals surface area contributed by atoms with E-state index >= 15 is 0 Å². The zero-order valence-corrected chi connectivity index (χ0v) is 12.4. The van der Waals surface area contributed by atoms with Crippen LogP contribution in [0.1, 0.15) is 18.4 Å². The third-order valence-electron chi connectivity index (χ3n) is 3.12. The van der Waals surface area contributed by atoms with Crippen LogP contribution in [-0.4, -0.2) is 33.9 Å². The van der Waals surface area contributed by atoms with Gasteiger partial charge < -0.3 is 19.8 Å². The summed E-state index contributed by atoms with van der Waals surface area (Å²) >= 11 is 0. The number of aromatic nitrogens is 3.